The van der Waals surface area contributed by atoms with E-state index < -0.39 is 0 Å². The van der Waals surface area contributed by atoms with Gasteiger partial charge >= 0.3 is 0 Å². The largest absolute Gasteiger partial charge is 0.388 e. The molecule has 2 rings (SSSR count). The first-order valence-corrected chi connectivity index (χ1v) is 6.84. The van der Waals surface area contributed by atoms with Crippen molar-refractivity contribution in [2.45, 2.75) is 45.1 Å². The van der Waals surface area contributed by atoms with Crippen molar-refractivity contribution in [3.05, 3.63) is 42.1 Å². The Hall–Kier alpha value is -1.41. The molecule has 1 unspecified atom stereocenters. The molecule has 0 radical (unpaired) electrons. The first-order valence-electron chi connectivity index (χ1n) is 6.84. The Morgan fingerprint density at radius 2 is 2.00 bits per heavy atom. The van der Waals surface area contributed by atoms with Crippen LogP contribution < -0.4 is 0 Å². The van der Waals surface area contributed by atoms with Crippen LogP contribution in [0.3, 0.4) is 0 Å². The summed E-state index contributed by atoms with van der Waals surface area (Å²) >= 11 is 0. The summed E-state index contributed by atoms with van der Waals surface area (Å²) in [6.45, 7) is 2.20. The predicted molar refractivity (Wildman–Crippen MR) is 75.5 cm³/mol. The van der Waals surface area contributed by atoms with Crippen molar-refractivity contribution < 1.29 is 5.11 Å². The van der Waals surface area contributed by atoms with E-state index in [1.54, 1.807) is 6.20 Å². The van der Waals surface area contributed by atoms with E-state index in [1.165, 1.54) is 19.3 Å². The van der Waals surface area contributed by atoms with Gasteiger partial charge in [-0.1, -0.05) is 50.8 Å². The number of fused-ring (bicyclic) bond motifs is 1. The molecule has 0 saturated carbocycles. The molecule has 2 nitrogen and oxygen atoms in total. The number of benzene rings is 1. The van der Waals surface area contributed by atoms with Gasteiger partial charge in [0.2, 0.25) is 0 Å². The third-order valence-electron chi connectivity index (χ3n) is 3.37. The van der Waals surface area contributed by atoms with Gasteiger partial charge in [-0.2, -0.15) is 0 Å². The van der Waals surface area contributed by atoms with Crippen molar-refractivity contribution in [3.8, 4) is 0 Å². The highest BCUT2D eigenvalue weighted by Gasteiger charge is 2.10. The van der Waals surface area contributed by atoms with Crippen LogP contribution in [0.15, 0.2) is 36.5 Å². The van der Waals surface area contributed by atoms with Gasteiger partial charge in [-0.3, -0.25) is 4.98 Å². The van der Waals surface area contributed by atoms with Crippen LogP contribution in [-0.2, 0) is 0 Å². The summed E-state index contributed by atoms with van der Waals surface area (Å²) in [6, 6.07) is 9.93. The maximum Gasteiger partial charge on any atom is 0.0796 e. The number of unbranched alkanes of at least 4 members (excludes halogenated alkanes) is 3. The molecule has 1 N–H and O–H groups in total. The fraction of sp³-hybridized carbons (Fsp3) is 0.438. The highest BCUT2D eigenvalue weighted by Crippen LogP contribution is 2.26. The average molecular weight is 243 g/mol. The second kappa shape index (κ2) is 6.50. The number of rotatable bonds is 6. The molecule has 2 aromatic rings. The van der Waals surface area contributed by atoms with Gasteiger partial charge in [0.15, 0.2) is 0 Å². The molecule has 0 bridgehead atoms. The lowest BCUT2D eigenvalue weighted by Gasteiger charge is -2.13. The van der Waals surface area contributed by atoms with Crippen molar-refractivity contribution in [1.29, 1.82) is 0 Å². The zero-order valence-corrected chi connectivity index (χ0v) is 11.0. The second-order valence-electron chi connectivity index (χ2n) is 4.78. The molecule has 1 aromatic carbocycles. The first-order chi connectivity index (χ1) is 8.83. The fourth-order valence-corrected chi connectivity index (χ4v) is 2.34. The monoisotopic (exact) mass is 243 g/mol. The van der Waals surface area contributed by atoms with Crippen LogP contribution in [0.5, 0.6) is 0 Å². The van der Waals surface area contributed by atoms with Crippen molar-refractivity contribution in [2.75, 3.05) is 0 Å². The van der Waals surface area contributed by atoms with Crippen molar-refractivity contribution in [3.63, 3.8) is 0 Å². The van der Waals surface area contributed by atoms with Gasteiger partial charge in [0.05, 0.1) is 11.6 Å². The summed E-state index contributed by atoms with van der Waals surface area (Å²) < 4.78 is 0. The molecule has 0 aliphatic carbocycles. The number of aromatic nitrogens is 1. The molecule has 0 spiro atoms. The first kappa shape index (κ1) is 13.0. The molecule has 1 heterocycles. The molecule has 0 aliphatic heterocycles. The number of hydrogen-bond acceptors (Lipinski definition) is 2. The Bertz CT molecular complexity index is 490. The number of aliphatic hydroxyl groups excluding tert-OH is 1. The summed E-state index contributed by atoms with van der Waals surface area (Å²) in [5.74, 6) is 0. The van der Waals surface area contributed by atoms with E-state index in [2.05, 4.69) is 11.9 Å². The molecular weight excluding hydrogens is 222 g/mol. The van der Waals surface area contributed by atoms with E-state index in [4.69, 9.17) is 0 Å². The number of hydrogen-bond donors (Lipinski definition) is 1. The lowest BCUT2D eigenvalue weighted by Crippen LogP contribution is -1.99. The van der Waals surface area contributed by atoms with E-state index >= 15 is 0 Å². The molecule has 1 aromatic heterocycles. The van der Waals surface area contributed by atoms with Crippen molar-refractivity contribution >= 4 is 10.9 Å². The van der Waals surface area contributed by atoms with Gasteiger partial charge in [-0.15, -0.1) is 0 Å². The van der Waals surface area contributed by atoms with Gasteiger partial charge < -0.3 is 5.11 Å². The second-order valence-corrected chi connectivity index (χ2v) is 4.78. The van der Waals surface area contributed by atoms with E-state index in [0.717, 1.165) is 29.3 Å². The molecule has 1 atom stereocenters. The normalized spacial score (nSPS) is 12.8. The van der Waals surface area contributed by atoms with Crippen LogP contribution in [-0.4, -0.2) is 10.1 Å². The molecule has 18 heavy (non-hydrogen) atoms. The highest BCUT2D eigenvalue weighted by molar-refractivity contribution is 5.82. The predicted octanol–water partition coefficient (Wildman–Crippen LogP) is 4.24. The zero-order chi connectivity index (χ0) is 12.8. The van der Waals surface area contributed by atoms with Gasteiger partial charge in [0, 0.05) is 11.6 Å². The molecule has 0 amide bonds. The number of pyridine rings is 1. The average Bonchev–Trinajstić information content (AvgIpc) is 2.43. The lowest BCUT2D eigenvalue weighted by molar-refractivity contribution is 0.165. The third kappa shape index (κ3) is 3.08. The standard InChI is InChI=1S/C16H21NO/c1-2-3-4-5-11-16(18)14-8-6-10-15-13(14)9-7-12-17-15/h6-10,12,16,18H,2-5,11H2,1H3. The summed E-state index contributed by atoms with van der Waals surface area (Å²) in [6.07, 6.45) is 7.04. The highest BCUT2D eigenvalue weighted by atomic mass is 16.3. The minimum Gasteiger partial charge on any atom is -0.388 e. The maximum absolute atomic E-state index is 10.3. The molecule has 96 valence electrons. The minimum absolute atomic E-state index is 0.366. The third-order valence-corrected chi connectivity index (χ3v) is 3.37. The van der Waals surface area contributed by atoms with Crippen LogP contribution >= 0.6 is 0 Å². The van der Waals surface area contributed by atoms with E-state index in [-0.39, 0.29) is 6.10 Å². The van der Waals surface area contributed by atoms with E-state index in [0.29, 0.717) is 0 Å². The Morgan fingerprint density at radius 3 is 2.83 bits per heavy atom. The Balaban J connectivity index is 2.10. The number of aliphatic hydroxyl groups is 1. The summed E-state index contributed by atoms with van der Waals surface area (Å²) in [5.41, 5.74) is 1.97. The molecule has 2 heteroatoms. The molecule has 0 fully saturated rings. The lowest BCUT2D eigenvalue weighted by atomic mass is 9.99. The maximum atomic E-state index is 10.3. The Labute approximate surface area is 109 Å². The Morgan fingerprint density at radius 1 is 1.11 bits per heavy atom. The van der Waals surface area contributed by atoms with E-state index in [9.17, 15) is 5.11 Å². The molecular formula is C16H21NO. The zero-order valence-electron chi connectivity index (χ0n) is 11.0. The van der Waals surface area contributed by atoms with Gasteiger partial charge in [-0.05, 0) is 24.1 Å². The van der Waals surface area contributed by atoms with Gasteiger partial charge in [0.25, 0.3) is 0 Å². The summed E-state index contributed by atoms with van der Waals surface area (Å²) in [4.78, 5) is 4.32. The molecule has 0 aliphatic rings. The Kier molecular flexibility index (Phi) is 4.71. The quantitative estimate of drug-likeness (QED) is 0.770. The van der Waals surface area contributed by atoms with Crippen molar-refractivity contribution in [1.82, 2.24) is 4.98 Å². The van der Waals surface area contributed by atoms with Crippen LogP contribution in [0.4, 0.5) is 0 Å². The minimum atomic E-state index is -0.366. The topological polar surface area (TPSA) is 33.1 Å². The number of nitrogens with zero attached hydrogens (tertiary/aromatic N) is 1. The SMILES string of the molecule is CCCCCCC(O)c1cccc2ncccc12. The molecule has 0 saturated heterocycles. The van der Waals surface area contributed by atoms with E-state index in [1.807, 2.05) is 30.3 Å². The van der Waals surface area contributed by atoms with Crippen molar-refractivity contribution in [2.24, 2.45) is 0 Å². The van der Waals surface area contributed by atoms with Crippen LogP contribution in [0.25, 0.3) is 10.9 Å². The van der Waals surface area contributed by atoms with Crippen LogP contribution in [0.1, 0.15) is 50.7 Å². The fourth-order valence-electron chi connectivity index (χ4n) is 2.34. The van der Waals surface area contributed by atoms with Crippen LogP contribution in [0.2, 0.25) is 0 Å². The van der Waals surface area contributed by atoms with Gasteiger partial charge in [0.1, 0.15) is 0 Å². The summed E-state index contributed by atoms with van der Waals surface area (Å²) in [7, 11) is 0. The van der Waals surface area contributed by atoms with Gasteiger partial charge in [-0.25, -0.2) is 0 Å². The summed E-state index contributed by atoms with van der Waals surface area (Å²) in [5, 5.41) is 11.4. The van der Waals surface area contributed by atoms with Crippen LogP contribution in [0, 0.1) is 0 Å². The smallest absolute Gasteiger partial charge is 0.0796 e.